The van der Waals surface area contributed by atoms with Gasteiger partial charge in [-0.15, -0.1) is 0 Å². The number of para-hydroxylation sites is 3. The van der Waals surface area contributed by atoms with E-state index in [9.17, 15) is 0 Å². The molecule has 0 aliphatic heterocycles. The molecule has 12 rings (SSSR count). The third-order valence-corrected chi connectivity index (χ3v) is 13.3. The van der Waals surface area contributed by atoms with Crippen molar-refractivity contribution in [2.75, 3.05) is 9.80 Å². The molecular weight excluding hydrogens is 741 g/mol. The van der Waals surface area contributed by atoms with Gasteiger partial charge in [0.25, 0.3) is 0 Å². The van der Waals surface area contributed by atoms with E-state index in [2.05, 4.69) is 236 Å². The maximum absolute atomic E-state index is 6.36. The Balaban J connectivity index is 1.10. The summed E-state index contributed by atoms with van der Waals surface area (Å²) in [5, 5.41) is 2.20. The van der Waals surface area contributed by atoms with E-state index in [1.807, 2.05) is 6.07 Å². The lowest BCUT2D eigenvalue weighted by molar-refractivity contribution is 0.563. The topological polar surface area (TPSA) is 19.6 Å². The normalized spacial score (nSPS) is 14.0. The fourth-order valence-corrected chi connectivity index (χ4v) is 10.6. The zero-order valence-corrected chi connectivity index (χ0v) is 34.1. The first-order chi connectivity index (χ1) is 30.0. The van der Waals surface area contributed by atoms with Crippen LogP contribution in [0.2, 0.25) is 0 Å². The lowest BCUT2D eigenvalue weighted by Crippen LogP contribution is -2.40. The van der Waals surface area contributed by atoms with Gasteiger partial charge in [-0.1, -0.05) is 147 Å². The first-order valence-corrected chi connectivity index (χ1v) is 21.2. The molecule has 0 saturated heterocycles. The fraction of sp³-hybridized carbons (Fsp3) is 0.0690. The zero-order valence-electron chi connectivity index (χ0n) is 34.1. The van der Waals surface area contributed by atoms with E-state index in [0.29, 0.717) is 0 Å². The molecule has 1 heterocycles. The van der Waals surface area contributed by atoms with Crippen LogP contribution in [0.4, 0.5) is 34.1 Å². The van der Waals surface area contributed by atoms with E-state index in [1.165, 1.54) is 44.5 Å². The molecule has 0 fully saturated rings. The number of furan rings is 1. The summed E-state index contributed by atoms with van der Waals surface area (Å²) in [6.45, 7) is 4.76. The molecule has 9 aromatic carbocycles. The van der Waals surface area contributed by atoms with Crippen LogP contribution >= 0.6 is 0 Å². The Kier molecular flexibility index (Phi) is 7.79. The highest BCUT2D eigenvalue weighted by Gasteiger charge is 2.53. The summed E-state index contributed by atoms with van der Waals surface area (Å²) < 4.78 is 6.36. The van der Waals surface area contributed by atoms with Crippen LogP contribution in [0.25, 0.3) is 33.1 Å². The Hall–Kier alpha value is -7.62. The molecule has 290 valence electrons. The van der Waals surface area contributed by atoms with Crippen LogP contribution in [0.3, 0.4) is 0 Å². The predicted octanol–water partition coefficient (Wildman–Crippen LogP) is 15.5. The van der Waals surface area contributed by atoms with Crippen molar-refractivity contribution in [2.45, 2.75) is 24.7 Å². The van der Waals surface area contributed by atoms with E-state index < -0.39 is 5.41 Å². The van der Waals surface area contributed by atoms with Crippen molar-refractivity contribution in [3.63, 3.8) is 0 Å². The summed E-state index contributed by atoms with van der Waals surface area (Å²) in [6.07, 6.45) is 0. The second-order valence-electron chi connectivity index (χ2n) is 16.9. The lowest BCUT2D eigenvalue weighted by Gasteiger charge is -2.46. The van der Waals surface area contributed by atoms with Gasteiger partial charge in [-0.25, -0.2) is 0 Å². The number of hydrogen-bond acceptors (Lipinski definition) is 3. The number of benzene rings is 9. The highest BCUT2D eigenvalue weighted by Crippen LogP contribution is 2.62. The van der Waals surface area contributed by atoms with Crippen LogP contribution in [0, 0.1) is 0 Å². The Morgan fingerprint density at radius 2 is 0.738 bits per heavy atom. The van der Waals surface area contributed by atoms with Crippen LogP contribution < -0.4 is 9.80 Å². The molecule has 2 aliphatic carbocycles. The Morgan fingerprint density at radius 3 is 1.38 bits per heavy atom. The van der Waals surface area contributed by atoms with E-state index in [0.717, 1.165) is 56.1 Å². The van der Waals surface area contributed by atoms with Crippen molar-refractivity contribution in [1.82, 2.24) is 0 Å². The van der Waals surface area contributed by atoms with Gasteiger partial charge in [0.05, 0.1) is 5.41 Å². The van der Waals surface area contributed by atoms with E-state index >= 15 is 0 Å². The van der Waals surface area contributed by atoms with Crippen molar-refractivity contribution in [2.24, 2.45) is 0 Å². The molecule has 0 bridgehead atoms. The quantitative estimate of drug-likeness (QED) is 0.167. The number of rotatable bonds is 6. The average molecular weight is 783 g/mol. The zero-order chi connectivity index (χ0) is 40.7. The monoisotopic (exact) mass is 782 g/mol. The van der Waals surface area contributed by atoms with Gasteiger partial charge in [-0.05, 0) is 129 Å². The maximum Gasteiger partial charge on any atom is 0.135 e. The van der Waals surface area contributed by atoms with Crippen molar-refractivity contribution in [3.05, 3.63) is 252 Å². The van der Waals surface area contributed by atoms with Crippen LogP contribution in [-0.4, -0.2) is 0 Å². The average Bonchev–Trinajstić information content (AvgIpc) is 3.83. The molecule has 1 aromatic heterocycles. The van der Waals surface area contributed by atoms with E-state index in [-0.39, 0.29) is 5.41 Å². The third-order valence-electron chi connectivity index (χ3n) is 13.3. The van der Waals surface area contributed by atoms with Crippen LogP contribution in [0.5, 0.6) is 0 Å². The molecule has 0 N–H and O–H groups in total. The molecule has 61 heavy (non-hydrogen) atoms. The van der Waals surface area contributed by atoms with Crippen LogP contribution in [0.15, 0.2) is 223 Å². The van der Waals surface area contributed by atoms with Gasteiger partial charge in [0.2, 0.25) is 0 Å². The first-order valence-electron chi connectivity index (χ1n) is 21.2. The number of nitrogens with zero attached hydrogens (tertiary/aromatic N) is 2. The highest BCUT2D eigenvalue weighted by molar-refractivity contribution is 6.06. The summed E-state index contributed by atoms with van der Waals surface area (Å²) >= 11 is 0. The molecule has 10 aromatic rings. The second-order valence-corrected chi connectivity index (χ2v) is 16.9. The standard InChI is InChI=1S/C58H42N2O/c1-57(2)50-24-12-14-26-52(50)58(53-27-15-13-25-51(53)57)49-23-11-9-21-45(49)46-35-33-44(38-54(46)58)60(43-34-36-56-48(37-43)47-22-10-16-28-55(47)61-56)42-31-29-41(30-32-42)59(39-17-5-3-6-18-39)40-19-7-4-8-20-40/h3-38H,1-2H3. The maximum atomic E-state index is 6.36. The third kappa shape index (κ3) is 5.17. The smallest absolute Gasteiger partial charge is 0.135 e. The summed E-state index contributed by atoms with van der Waals surface area (Å²) in [7, 11) is 0. The molecule has 3 heteroatoms. The minimum Gasteiger partial charge on any atom is -0.456 e. The van der Waals surface area contributed by atoms with Gasteiger partial charge in [0.1, 0.15) is 11.2 Å². The Bertz CT molecular complexity index is 3200. The largest absolute Gasteiger partial charge is 0.456 e. The van der Waals surface area contributed by atoms with Crippen molar-refractivity contribution < 1.29 is 4.42 Å². The highest BCUT2D eigenvalue weighted by atomic mass is 16.3. The second kappa shape index (κ2) is 13.5. The fourth-order valence-electron chi connectivity index (χ4n) is 10.6. The van der Waals surface area contributed by atoms with Crippen LogP contribution in [-0.2, 0) is 10.8 Å². The molecule has 0 atom stereocenters. The SMILES string of the molecule is CC1(C)c2ccccc2C2(c3ccccc3-c3ccc(N(c4ccc(N(c5ccccc5)c5ccccc5)cc4)c4ccc5oc6ccccc6c5c4)cc32)c2ccccc21. The van der Waals surface area contributed by atoms with Gasteiger partial charge in [0.15, 0.2) is 0 Å². The summed E-state index contributed by atoms with van der Waals surface area (Å²) in [4.78, 5) is 4.73. The number of hydrogen-bond donors (Lipinski definition) is 0. The van der Waals surface area contributed by atoms with Gasteiger partial charge in [0, 0.05) is 50.3 Å². The Morgan fingerprint density at radius 1 is 0.311 bits per heavy atom. The predicted molar refractivity (Wildman–Crippen MR) is 253 cm³/mol. The molecular formula is C58H42N2O. The molecule has 0 radical (unpaired) electrons. The molecule has 0 amide bonds. The van der Waals surface area contributed by atoms with Crippen molar-refractivity contribution in [1.29, 1.82) is 0 Å². The van der Waals surface area contributed by atoms with Gasteiger partial charge in [-0.3, -0.25) is 0 Å². The molecule has 0 saturated carbocycles. The minimum atomic E-state index is -0.503. The van der Waals surface area contributed by atoms with Crippen molar-refractivity contribution in [3.8, 4) is 11.1 Å². The summed E-state index contributed by atoms with van der Waals surface area (Å²) in [6, 6.07) is 79.7. The van der Waals surface area contributed by atoms with Gasteiger partial charge >= 0.3 is 0 Å². The minimum absolute atomic E-state index is 0.169. The van der Waals surface area contributed by atoms with E-state index in [4.69, 9.17) is 4.42 Å². The summed E-state index contributed by atoms with van der Waals surface area (Å²) in [5.74, 6) is 0. The molecule has 3 nitrogen and oxygen atoms in total. The molecule has 0 unspecified atom stereocenters. The summed E-state index contributed by atoms with van der Waals surface area (Å²) in [5.41, 5.74) is 18.3. The van der Waals surface area contributed by atoms with Gasteiger partial charge < -0.3 is 14.2 Å². The lowest BCUT2D eigenvalue weighted by atomic mass is 9.55. The molecule has 1 spiro atoms. The Labute approximate surface area is 356 Å². The van der Waals surface area contributed by atoms with Crippen molar-refractivity contribution >= 4 is 56.1 Å². The number of anilines is 6. The first kappa shape index (κ1) is 35.3. The van der Waals surface area contributed by atoms with E-state index in [1.54, 1.807) is 0 Å². The number of fused-ring (bicyclic) bond motifs is 12. The van der Waals surface area contributed by atoms with Crippen LogP contribution in [0.1, 0.15) is 47.2 Å². The van der Waals surface area contributed by atoms with Gasteiger partial charge in [-0.2, -0.15) is 0 Å². The molecule has 2 aliphatic rings.